The van der Waals surface area contributed by atoms with Gasteiger partial charge in [0.2, 0.25) is 17.5 Å². The number of fused-ring (bicyclic) bond motifs is 3. The van der Waals surface area contributed by atoms with E-state index in [1.807, 2.05) is 4.90 Å². The number of amides is 2. The van der Waals surface area contributed by atoms with Gasteiger partial charge in [-0.15, -0.1) is 0 Å². The minimum atomic E-state index is -0.461. The highest BCUT2D eigenvalue weighted by atomic mass is 19.1. The summed E-state index contributed by atoms with van der Waals surface area (Å²) in [5.41, 5.74) is 0.954. The topological polar surface area (TPSA) is 99.3 Å². The molecule has 0 saturated carbocycles. The van der Waals surface area contributed by atoms with Crippen molar-refractivity contribution in [2.45, 2.75) is 18.5 Å². The van der Waals surface area contributed by atoms with Crippen LogP contribution in [-0.2, 0) is 9.53 Å². The number of likely N-dealkylation sites (N-methyl/N-ethyl adjacent to an activating group) is 1. The monoisotopic (exact) mass is 520 g/mol. The lowest BCUT2D eigenvalue weighted by molar-refractivity contribution is -0.131. The zero-order valence-electron chi connectivity index (χ0n) is 21.3. The second-order valence-electron chi connectivity index (χ2n) is 9.66. The molecule has 2 aromatic carbocycles. The molecular formula is C28H29FN4O5. The number of carbonyl (C=O) groups excluding carboxylic acids is 4. The number of benzene rings is 2. The summed E-state index contributed by atoms with van der Waals surface area (Å²) in [7, 11) is 3.06. The number of piperazine rings is 1. The smallest absolute Gasteiger partial charge is 0.254 e. The van der Waals surface area contributed by atoms with Crippen LogP contribution in [0.5, 0.6) is 0 Å². The van der Waals surface area contributed by atoms with E-state index in [-0.39, 0.29) is 66.3 Å². The molecule has 2 amide bonds. The van der Waals surface area contributed by atoms with Crippen molar-refractivity contribution < 1.29 is 28.3 Å². The van der Waals surface area contributed by atoms with Gasteiger partial charge in [0, 0.05) is 62.6 Å². The van der Waals surface area contributed by atoms with Gasteiger partial charge in [-0.1, -0.05) is 30.3 Å². The molecule has 0 spiro atoms. The second kappa shape index (κ2) is 10.5. The summed E-state index contributed by atoms with van der Waals surface area (Å²) in [4.78, 5) is 58.4. The molecule has 1 N–H and O–H groups in total. The third-order valence-corrected chi connectivity index (χ3v) is 7.46. The predicted molar refractivity (Wildman–Crippen MR) is 136 cm³/mol. The van der Waals surface area contributed by atoms with Crippen molar-refractivity contribution in [1.29, 1.82) is 0 Å². The van der Waals surface area contributed by atoms with Gasteiger partial charge in [0.05, 0.1) is 13.2 Å². The molecule has 3 aliphatic rings. The maximum atomic E-state index is 13.7. The van der Waals surface area contributed by atoms with Gasteiger partial charge in [0.1, 0.15) is 17.2 Å². The lowest BCUT2D eigenvalue weighted by Crippen LogP contribution is -2.52. The normalized spacial score (nSPS) is 20.7. The molecule has 0 radical (unpaired) electrons. The van der Waals surface area contributed by atoms with Gasteiger partial charge in [-0.05, 0) is 24.6 Å². The number of methoxy groups -OCH3 is 1. The van der Waals surface area contributed by atoms with E-state index in [1.54, 1.807) is 42.3 Å². The average molecular weight is 521 g/mol. The van der Waals surface area contributed by atoms with Crippen molar-refractivity contribution in [2.75, 3.05) is 46.9 Å². The van der Waals surface area contributed by atoms with E-state index in [4.69, 9.17) is 4.74 Å². The Hall–Kier alpha value is -3.89. The molecule has 2 fully saturated rings. The van der Waals surface area contributed by atoms with Gasteiger partial charge >= 0.3 is 0 Å². The number of Topliss-reactive ketones (excluding diaryl/α,β-unsaturated/α-hetero) is 2. The molecule has 2 aromatic rings. The van der Waals surface area contributed by atoms with Gasteiger partial charge in [0.25, 0.3) is 5.91 Å². The van der Waals surface area contributed by atoms with Crippen LogP contribution in [0, 0.1) is 5.82 Å². The van der Waals surface area contributed by atoms with E-state index in [0.29, 0.717) is 30.6 Å². The summed E-state index contributed by atoms with van der Waals surface area (Å²) >= 11 is 0. The van der Waals surface area contributed by atoms with Crippen molar-refractivity contribution in [2.24, 2.45) is 0 Å². The van der Waals surface area contributed by atoms with Crippen molar-refractivity contribution >= 4 is 23.4 Å². The highest BCUT2D eigenvalue weighted by Gasteiger charge is 2.46. The Bertz CT molecular complexity index is 1340. The first kappa shape index (κ1) is 25.7. The lowest BCUT2D eigenvalue weighted by atomic mass is 9.89. The zero-order chi connectivity index (χ0) is 27.0. The summed E-state index contributed by atoms with van der Waals surface area (Å²) in [6.45, 7) is 1.22. The first-order valence-electron chi connectivity index (χ1n) is 12.5. The fourth-order valence-electron chi connectivity index (χ4n) is 5.63. The highest BCUT2D eigenvalue weighted by Crippen LogP contribution is 2.33. The SMILES string of the molecule is CNC1=C(N(CCOC)C(=O)CN2C[C@H]3C[C@H]2CN3C(=O)c2cccc(F)c2)C(=O)c2ccccc2C1=O. The summed E-state index contributed by atoms with van der Waals surface area (Å²) in [6, 6.07) is 12.1. The Kier molecular flexibility index (Phi) is 7.09. The second-order valence-corrected chi connectivity index (χ2v) is 9.66. The molecule has 198 valence electrons. The first-order valence-corrected chi connectivity index (χ1v) is 12.5. The van der Waals surface area contributed by atoms with Crippen LogP contribution in [0.3, 0.4) is 0 Å². The first-order chi connectivity index (χ1) is 18.3. The number of hydrogen-bond donors (Lipinski definition) is 1. The van der Waals surface area contributed by atoms with Gasteiger partial charge < -0.3 is 19.9 Å². The highest BCUT2D eigenvalue weighted by molar-refractivity contribution is 6.27. The number of likely N-dealkylation sites (tertiary alicyclic amines) is 2. The van der Waals surface area contributed by atoms with E-state index in [2.05, 4.69) is 5.32 Å². The van der Waals surface area contributed by atoms with Crippen molar-refractivity contribution in [3.05, 3.63) is 82.4 Å². The maximum Gasteiger partial charge on any atom is 0.254 e. The van der Waals surface area contributed by atoms with E-state index >= 15 is 0 Å². The molecule has 2 aliphatic heterocycles. The number of carbonyl (C=O) groups is 4. The van der Waals surface area contributed by atoms with E-state index < -0.39 is 11.6 Å². The van der Waals surface area contributed by atoms with E-state index in [9.17, 15) is 23.6 Å². The lowest BCUT2D eigenvalue weighted by Gasteiger charge is -2.36. The van der Waals surface area contributed by atoms with Gasteiger partial charge in [-0.3, -0.25) is 24.1 Å². The molecule has 38 heavy (non-hydrogen) atoms. The van der Waals surface area contributed by atoms with Crippen LogP contribution in [0.2, 0.25) is 0 Å². The number of ketones is 2. The average Bonchev–Trinajstić information content (AvgIpc) is 3.52. The number of halogens is 1. The van der Waals surface area contributed by atoms with Gasteiger partial charge in [-0.25, -0.2) is 4.39 Å². The number of nitrogens with zero attached hydrogens (tertiary/aromatic N) is 3. The van der Waals surface area contributed by atoms with Crippen molar-refractivity contribution in [3.63, 3.8) is 0 Å². The molecule has 2 atom stereocenters. The van der Waals surface area contributed by atoms with Crippen LogP contribution in [-0.4, -0.2) is 97.1 Å². The Morgan fingerprint density at radius 2 is 1.79 bits per heavy atom. The Morgan fingerprint density at radius 1 is 1.05 bits per heavy atom. The standard InChI is InChI=1S/C28H29FN4O5/c1-30-24-25(27(36)22-9-4-3-8-21(22)26(24)35)32(10-11-38-2)23(34)16-31-14-20-13-19(31)15-33(20)28(37)17-6-5-7-18(29)12-17/h3-9,12,19-20,30H,10-11,13-16H2,1-2H3/t19-,20+/m0/s1. The quantitative estimate of drug-likeness (QED) is 0.566. The third kappa shape index (κ3) is 4.50. The molecule has 0 aromatic heterocycles. The van der Waals surface area contributed by atoms with Crippen LogP contribution in [0.25, 0.3) is 0 Å². The molecule has 0 unspecified atom stereocenters. The van der Waals surface area contributed by atoms with Crippen LogP contribution >= 0.6 is 0 Å². The van der Waals surface area contributed by atoms with E-state index in [0.717, 1.165) is 0 Å². The Morgan fingerprint density at radius 3 is 2.42 bits per heavy atom. The molecular weight excluding hydrogens is 491 g/mol. The third-order valence-electron chi connectivity index (χ3n) is 7.46. The predicted octanol–water partition coefficient (Wildman–Crippen LogP) is 1.71. The fourth-order valence-corrected chi connectivity index (χ4v) is 5.63. The summed E-state index contributed by atoms with van der Waals surface area (Å²) < 4.78 is 18.8. The molecule has 2 bridgehead atoms. The fraction of sp³-hybridized carbons (Fsp3) is 0.357. The summed E-state index contributed by atoms with van der Waals surface area (Å²) in [5, 5.41) is 2.84. The minimum Gasteiger partial charge on any atom is -0.383 e. The Balaban J connectivity index is 1.34. The van der Waals surface area contributed by atoms with Gasteiger partial charge in [0.15, 0.2) is 0 Å². The molecule has 1 aliphatic carbocycles. The number of allylic oxidation sites excluding steroid dienone is 2. The van der Waals surface area contributed by atoms with Crippen molar-refractivity contribution in [1.82, 2.24) is 20.0 Å². The Labute approximate surface area is 219 Å². The molecule has 9 nitrogen and oxygen atoms in total. The van der Waals surface area contributed by atoms with Crippen LogP contribution < -0.4 is 5.32 Å². The molecule has 2 heterocycles. The molecule has 10 heteroatoms. The van der Waals surface area contributed by atoms with Crippen LogP contribution in [0.4, 0.5) is 4.39 Å². The van der Waals surface area contributed by atoms with Crippen LogP contribution in [0.15, 0.2) is 59.9 Å². The molecule has 2 saturated heterocycles. The number of rotatable bonds is 8. The number of hydrogen-bond acceptors (Lipinski definition) is 7. The summed E-state index contributed by atoms with van der Waals surface area (Å²) in [5.74, 6) is -1.76. The number of ether oxygens (including phenoxy) is 1. The van der Waals surface area contributed by atoms with Gasteiger partial charge in [-0.2, -0.15) is 0 Å². The van der Waals surface area contributed by atoms with Crippen molar-refractivity contribution in [3.8, 4) is 0 Å². The maximum absolute atomic E-state index is 13.7. The number of nitrogens with one attached hydrogen (secondary N) is 1. The largest absolute Gasteiger partial charge is 0.383 e. The zero-order valence-corrected chi connectivity index (χ0v) is 21.3. The molecule has 5 rings (SSSR count). The van der Waals surface area contributed by atoms with E-state index in [1.165, 1.54) is 30.2 Å². The van der Waals surface area contributed by atoms with Crippen LogP contribution in [0.1, 0.15) is 37.5 Å². The minimum absolute atomic E-state index is 0.0190. The summed E-state index contributed by atoms with van der Waals surface area (Å²) in [6.07, 6.45) is 0.710.